The number of rotatable bonds is 7. The predicted molar refractivity (Wildman–Crippen MR) is 129 cm³/mol. The van der Waals surface area contributed by atoms with Crippen molar-refractivity contribution in [2.75, 3.05) is 11.9 Å². The molecule has 0 aliphatic carbocycles. The van der Waals surface area contributed by atoms with Crippen LogP contribution in [0.2, 0.25) is 10.0 Å². The lowest BCUT2D eigenvalue weighted by molar-refractivity contribution is -0.116. The molecular formula is C22H17Cl2N3O3S2. The van der Waals surface area contributed by atoms with Gasteiger partial charge in [-0.15, -0.1) is 0 Å². The summed E-state index contributed by atoms with van der Waals surface area (Å²) in [6.45, 7) is -0.457. The molecule has 32 heavy (non-hydrogen) atoms. The Balaban J connectivity index is 1.61. The smallest absolute Gasteiger partial charge is 0.243 e. The van der Waals surface area contributed by atoms with E-state index in [1.165, 1.54) is 35.8 Å². The molecule has 0 unspecified atom stereocenters. The summed E-state index contributed by atoms with van der Waals surface area (Å²) in [5.41, 5.74) is 1.15. The quantitative estimate of drug-likeness (QED) is 0.363. The fourth-order valence-electron chi connectivity index (χ4n) is 3.11. The number of benzene rings is 3. The first-order valence-corrected chi connectivity index (χ1v) is 12.4. The molecule has 0 fully saturated rings. The van der Waals surface area contributed by atoms with Crippen LogP contribution in [0.1, 0.15) is 5.56 Å². The third-order valence-electron chi connectivity index (χ3n) is 4.71. The van der Waals surface area contributed by atoms with Crippen LogP contribution in [-0.4, -0.2) is 29.5 Å². The summed E-state index contributed by atoms with van der Waals surface area (Å²) in [5.74, 6) is -0.475. The van der Waals surface area contributed by atoms with Crippen molar-refractivity contribution in [2.45, 2.75) is 11.4 Å². The van der Waals surface area contributed by atoms with Crippen molar-refractivity contribution in [1.29, 1.82) is 0 Å². The maximum atomic E-state index is 13.3. The van der Waals surface area contributed by atoms with Crippen molar-refractivity contribution in [3.63, 3.8) is 0 Å². The van der Waals surface area contributed by atoms with E-state index in [2.05, 4.69) is 9.69 Å². The van der Waals surface area contributed by atoms with Gasteiger partial charge in [0, 0.05) is 33.9 Å². The van der Waals surface area contributed by atoms with Crippen molar-refractivity contribution >= 4 is 66.4 Å². The minimum Gasteiger partial charge on any atom is -0.325 e. The summed E-state index contributed by atoms with van der Waals surface area (Å²) >= 11 is 13.5. The molecule has 10 heteroatoms. The van der Waals surface area contributed by atoms with Gasteiger partial charge in [0.2, 0.25) is 15.9 Å². The highest BCUT2D eigenvalue weighted by Gasteiger charge is 2.27. The van der Waals surface area contributed by atoms with Gasteiger partial charge in [0.25, 0.3) is 0 Å². The van der Waals surface area contributed by atoms with E-state index in [9.17, 15) is 13.2 Å². The maximum absolute atomic E-state index is 13.3. The molecule has 0 saturated carbocycles. The van der Waals surface area contributed by atoms with Crippen molar-refractivity contribution < 1.29 is 13.2 Å². The fraction of sp³-hybridized carbons (Fsp3) is 0.0909. The zero-order valence-corrected chi connectivity index (χ0v) is 19.7. The number of amides is 1. The Kier molecular flexibility index (Phi) is 6.78. The summed E-state index contributed by atoms with van der Waals surface area (Å²) in [6.07, 6.45) is 1.71. The number of nitrogens with zero attached hydrogens (tertiary/aromatic N) is 2. The lowest BCUT2D eigenvalue weighted by Gasteiger charge is -2.22. The number of nitrogens with one attached hydrogen (secondary N) is 1. The number of hydrogen-bond donors (Lipinski definition) is 1. The predicted octanol–water partition coefficient (Wildman–Crippen LogP) is 5.43. The topological polar surface area (TPSA) is 79.4 Å². The van der Waals surface area contributed by atoms with Crippen LogP contribution in [0.3, 0.4) is 0 Å². The molecular weight excluding hydrogens is 489 g/mol. The molecule has 3 aromatic carbocycles. The number of anilines is 1. The molecule has 0 atom stereocenters. The third kappa shape index (κ3) is 5.11. The monoisotopic (exact) mass is 505 g/mol. The van der Waals surface area contributed by atoms with Crippen LogP contribution in [0.25, 0.3) is 10.1 Å². The second-order valence-corrected chi connectivity index (χ2v) is 10.6. The highest BCUT2D eigenvalue weighted by atomic mass is 35.5. The Morgan fingerprint density at radius 2 is 1.78 bits per heavy atom. The Morgan fingerprint density at radius 1 is 1.03 bits per heavy atom. The van der Waals surface area contributed by atoms with E-state index in [1.807, 2.05) is 6.07 Å². The molecule has 0 aliphatic rings. The minimum atomic E-state index is -4.00. The second kappa shape index (κ2) is 9.56. The van der Waals surface area contributed by atoms with Gasteiger partial charge in [-0.1, -0.05) is 41.4 Å². The van der Waals surface area contributed by atoms with Crippen LogP contribution in [0.4, 0.5) is 5.69 Å². The first-order valence-electron chi connectivity index (χ1n) is 9.46. The second-order valence-electron chi connectivity index (χ2n) is 6.95. The third-order valence-corrected chi connectivity index (χ3v) is 7.92. The molecule has 0 saturated heterocycles. The van der Waals surface area contributed by atoms with Crippen molar-refractivity contribution in [3.05, 3.63) is 88.5 Å². The lowest BCUT2D eigenvalue weighted by Crippen LogP contribution is -2.37. The van der Waals surface area contributed by atoms with Gasteiger partial charge in [0.05, 0.1) is 16.1 Å². The molecule has 0 spiro atoms. The van der Waals surface area contributed by atoms with Gasteiger partial charge in [-0.05, 0) is 65.6 Å². The molecule has 1 amide bonds. The van der Waals surface area contributed by atoms with Crippen molar-refractivity contribution in [3.8, 4) is 0 Å². The fourth-order valence-corrected chi connectivity index (χ4v) is 5.43. The minimum absolute atomic E-state index is 0.0347. The first kappa shape index (κ1) is 22.7. The Labute approximate surface area is 199 Å². The van der Waals surface area contributed by atoms with E-state index in [0.717, 1.165) is 14.4 Å². The standard InChI is InChI=1S/C22H17Cl2N3O3S2/c23-17-5-8-19(9-6-17)32(29,30)27(13-15-3-1-2-4-20(15)24)14-22(28)26-18-7-10-21-16(11-18)12-25-31-21/h1-12H,13-14H2,(H,26,28). The molecule has 0 bridgehead atoms. The van der Waals surface area contributed by atoms with Gasteiger partial charge >= 0.3 is 0 Å². The summed E-state index contributed by atoms with van der Waals surface area (Å²) in [4.78, 5) is 12.9. The van der Waals surface area contributed by atoms with Crippen LogP contribution in [0.5, 0.6) is 0 Å². The number of halogens is 2. The summed E-state index contributed by atoms with van der Waals surface area (Å²) in [7, 11) is -4.00. The summed E-state index contributed by atoms with van der Waals surface area (Å²) in [5, 5.41) is 4.49. The number of sulfonamides is 1. The van der Waals surface area contributed by atoms with Crippen molar-refractivity contribution in [2.24, 2.45) is 0 Å². The van der Waals surface area contributed by atoms with Gasteiger partial charge in [-0.2, -0.15) is 8.68 Å². The largest absolute Gasteiger partial charge is 0.325 e. The summed E-state index contributed by atoms with van der Waals surface area (Å²) < 4.78 is 32.9. The van der Waals surface area contributed by atoms with Gasteiger partial charge in [0.1, 0.15) is 0 Å². The Hall–Kier alpha value is -2.49. The molecule has 164 valence electrons. The molecule has 1 N–H and O–H groups in total. The Bertz CT molecular complexity index is 1370. The van der Waals surface area contributed by atoms with Crippen LogP contribution < -0.4 is 5.32 Å². The van der Waals surface area contributed by atoms with Crippen LogP contribution >= 0.6 is 34.7 Å². The SMILES string of the molecule is O=C(CN(Cc1ccccc1Cl)S(=O)(=O)c1ccc(Cl)cc1)Nc1ccc2sncc2c1. The molecule has 0 radical (unpaired) electrons. The maximum Gasteiger partial charge on any atom is 0.243 e. The highest BCUT2D eigenvalue weighted by Crippen LogP contribution is 2.25. The van der Waals surface area contributed by atoms with Gasteiger partial charge in [-0.25, -0.2) is 8.42 Å². The van der Waals surface area contributed by atoms with E-state index >= 15 is 0 Å². The molecule has 1 heterocycles. The zero-order chi connectivity index (χ0) is 22.7. The number of aromatic nitrogens is 1. The number of hydrogen-bond acceptors (Lipinski definition) is 5. The molecule has 4 rings (SSSR count). The molecule has 0 aliphatic heterocycles. The van der Waals surface area contributed by atoms with Gasteiger partial charge < -0.3 is 5.32 Å². The average Bonchev–Trinajstić information content (AvgIpc) is 3.23. The van der Waals surface area contributed by atoms with Crippen LogP contribution in [0, 0.1) is 0 Å². The van der Waals surface area contributed by atoms with E-state index in [4.69, 9.17) is 23.2 Å². The molecule has 1 aromatic heterocycles. The van der Waals surface area contributed by atoms with Crippen LogP contribution in [-0.2, 0) is 21.4 Å². The van der Waals surface area contributed by atoms with E-state index < -0.39 is 22.5 Å². The van der Waals surface area contributed by atoms with E-state index in [1.54, 1.807) is 42.6 Å². The molecule has 4 aromatic rings. The average molecular weight is 506 g/mol. The highest BCUT2D eigenvalue weighted by molar-refractivity contribution is 7.89. The first-order chi connectivity index (χ1) is 15.3. The lowest BCUT2D eigenvalue weighted by atomic mass is 10.2. The molecule has 6 nitrogen and oxygen atoms in total. The Morgan fingerprint density at radius 3 is 2.53 bits per heavy atom. The van der Waals surface area contributed by atoms with Crippen molar-refractivity contribution in [1.82, 2.24) is 8.68 Å². The van der Waals surface area contributed by atoms with E-state index in [-0.39, 0.29) is 11.4 Å². The van der Waals surface area contributed by atoms with Gasteiger partial charge in [-0.3, -0.25) is 4.79 Å². The van der Waals surface area contributed by atoms with Crippen LogP contribution in [0.15, 0.2) is 77.8 Å². The number of carbonyl (C=O) groups excluding carboxylic acids is 1. The summed E-state index contributed by atoms with van der Waals surface area (Å²) in [6, 6.07) is 18.1. The number of fused-ring (bicyclic) bond motifs is 1. The van der Waals surface area contributed by atoms with E-state index in [0.29, 0.717) is 21.3 Å². The zero-order valence-electron chi connectivity index (χ0n) is 16.5. The number of carbonyl (C=O) groups is 1. The normalized spacial score (nSPS) is 11.7. The van der Waals surface area contributed by atoms with Gasteiger partial charge in [0.15, 0.2) is 0 Å².